The first-order chi connectivity index (χ1) is 11.3. The molecule has 2 aliphatic rings. The number of hydrogen-bond donors (Lipinski definition) is 2. The quantitative estimate of drug-likeness (QED) is 0.876. The summed E-state index contributed by atoms with van der Waals surface area (Å²) in [5.41, 5.74) is 3.84. The average molecular weight is 306 g/mol. The molecule has 2 amide bonds. The van der Waals surface area contributed by atoms with Gasteiger partial charge in [0.25, 0.3) is 0 Å². The van der Waals surface area contributed by atoms with Crippen LogP contribution in [0.1, 0.15) is 48.0 Å². The van der Waals surface area contributed by atoms with E-state index in [4.69, 9.17) is 0 Å². The third-order valence-corrected chi connectivity index (χ3v) is 4.98. The molecule has 3 heteroatoms. The lowest BCUT2D eigenvalue weighted by atomic mass is 10.0. The molecule has 0 heterocycles. The van der Waals surface area contributed by atoms with Crippen molar-refractivity contribution in [3.63, 3.8) is 0 Å². The molecule has 23 heavy (non-hydrogen) atoms. The van der Waals surface area contributed by atoms with Crippen LogP contribution in [0.4, 0.5) is 4.79 Å². The lowest BCUT2D eigenvalue weighted by molar-refractivity contribution is 0.231. The van der Waals surface area contributed by atoms with E-state index >= 15 is 0 Å². The summed E-state index contributed by atoms with van der Waals surface area (Å²) in [4.78, 5) is 12.5. The first kappa shape index (κ1) is 14.3. The van der Waals surface area contributed by atoms with Gasteiger partial charge in [-0.2, -0.15) is 0 Å². The van der Waals surface area contributed by atoms with E-state index in [0.717, 1.165) is 12.8 Å². The van der Waals surface area contributed by atoms with Crippen molar-refractivity contribution in [3.8, 4) is 0 Å². The average Bonchev–Trinajstić information content (AvgIpc) is 3.36. The number of amides is 2. The monoisotopic (exact) mass is 306 g/mol. The Morgan fingerprint density at radius 2 is 1.70 bits per heavy atom. The van der Waals surface area contributed by atoms with Crippen molar-refractivity contribution >= 4 is 6.03 Å². The molecule has 3 nitrogen and oxygen atoms in total. The van der Waals surface area contributed by atoms with Gasteiger partial charge in [0.1, 0.15) is 0 Å². The zero-order valence-electron chi connectivity index (χ0n) is 13.2. The summed E-state index contributed by atoms with van der Waals surface area (Å²) in [6.07, 6.45) is 4.44. The minimum Gasteiger partial charge on any atom is -0.331 e. The number of rotatable bonds is 4. The predicted molar refractivity (Wildman–Crippen MR) is 91.1 cm³/mol. The minimum absolute atomic E-state index is 0.0487. The van der Waals surface area contributed by atoms with Crippen LogP contribution in [0.5, 0.6) is 0 Å². The maximum absolute atomic E-state index is 12.5. The molecule has 2 aromatic rings. The van der Waals surface area contributed by atoms with Crippen LogP contribution < -0.4 is 10.6 Å². The minimum atomic E-state index is -0.0487. The molecule has 118 valence electrons. The SMILES string of the molecule is O=C(NC1CCc2ccccc21)NC(c1ccccc1)C1CC1. The van der Waals surface area contributed by atoms with E-state index in [2.05, 4.69) is 41.0 Å². The summed E-state index contributed by atoms with van der Waals surface area (Å²) in [5.74, 6) is 0.582. The molecule has 0 bridgehead atoms. The highest BCUT2D eigenvalue weighted by Crippen LogP contribution is 2.41. The Kier molecular flexibility index (Phi) is 3.78. The van der Waals surface area contributed by atoms with Gasteiger partial charge in [-0.15, -0.1) is 0 Å². The van der Waals surface area contributed by atoms with E-state index in [1.54, 1.807) is 0 Å². The second-order valence-electron chi connectivity index (χ2n) is 6.63. The number of urea groups is 1. The topological polar surface area (TPSA) is 41.1 Å². The molecule has 2 aliphatic carbocycles. The van der Waals surface area contributed by atoms with Crippen LogP contribution in [0.3, 0.4) is 0 Å². The maximum Gasteiger partial charge on any atom is 0.315 e. The molecule has 0 radical (unpaired) electrons. The molecule has 2 unspecified atom stereocenters. The standard InChI is InChI=1S/C20H22N2O/c23-20(21-18-13-12-14-6-4-5-9-17(14)18)22-19(16-10-11-16)15-7-2-1-3-8-15/h1-9,16,18-19H,10-13H2,(H2,21,22,23). The highest BCUT2D eigenvalue weighted by molar-refractivity contribution is 5.75. The molecule has 2 atom stereocenters. The Balaban J connectivity index is 1.43. The van der Waals surface area contributed by atoms with Crippen LogP contribution in [0.2, 0.25) is 0 Å². The fraction of sp³-hybridized carbons (Fsp3) is 0.350. The van der Waals surface area contributed by atoms with Gasteiger partial charge >= 0.3 is 6.03 Å². The van der Waals surface area contributed by atoms with Crippen LogP contribution >= 0.6 is 0 Å². The molecule has 0 saturated heterocycles. The van der Waals surface area contributed by atoms with Gasteiger partial charge in [0.05, 0.1) is 12.1 Å². The van der Waals surface area contributed by atoms with Gasteiger partial charge in [-0.3, -0.25) is 0 Å². The van der Waals surface area contributed by atoms with Crippen LogP contribution in [-0.2, 0) is 6.42 Å². The summed E-state index contributed by atoms with van der Waals surface area (Å²) < 4.78 is 0. The first-order valence-electron chi connectivity index (χ1n) is 8.51. The zero-order chi connectivity index (χ0) is 15.6. The molecule has 1 fully saturated rings. The fourth-order valence-electron chi connectivity index (χ4n) is 3.61. The molecular formula is C20H22N2O. The summed E-state index contributed by atoms with van der Waals surface area (Å²) in [6.45, 7) is 0. The van der Waals surface area contributed by atoms with Gasteiger partial charge < -0.3 is 10.6 Å². The molecule has 0 spiro atoms. The number of hydrogen-bond acceptors (Lipinski definition) is 1. The van der Waals surface area contributed by atoms with Crippen molar-refractivity contribution in [2.24, 2.45) is 5.92 Å². The summed E-state index contributed by atoms with van der Waals surface area (Å²) in [7, 11) is 0. The Morgan fingerprint density at radius 3 is 2.48 bits per heavy atom. The Morgan fingerprint density at radius 1 is 0.957 bits per heavy atom. The molecule has 0 aliphatic heterocycles. The third kappa shape index (κ3) is 3.09. The van der Waals surface area contributed by atoms with Gasteiger partial charge in [-0.05, 0) is 48.3 Å². The van der Waals surface area contributed by atoms with Gasteiger partial charge in [-0.25, -0.2) is 4.79 Å². The van der Waals surface area contributed by atoms with Crippen molar-refractivity contribution in [1.29, 1.82) is 0 Å². The van der Waals surface area contributed by atoms with Crippen LogP contribution in [-0.4, -0.2) is 6.03 Å². The van der Waals surface area contributed by atoms with Gasteiger partial charge in [0.2, 0.25) is 0 Å². The highest BCUT2D eigenvalue weighted by atomic mass is 16.2. The van der Waals surface area contributed by atoms with Crippen LogP contribution in [0, 0.1) is 5.92 Å². The fourth-order valence-corrected chi connectivity index (χ4v) is 3.61. The molecule has 0 aromatic heterocycles. The van der Waals surface area contributed by atoms with Crippen molar-refractivity contribution in [3.05, 3.63) is 71.3 Å². The number of benzene rings is 2. The van der Waals surface area contributed by atoms with Gasteiger partial charge in [0.15, 0.2) is 0 Å². The Bertz CT molecular complexity index is 694. The zero-order valence-corrected chi connectivity index (χ0v) is 13.2. The number of carbonyl (C=O) groups is 1. The normalized spacial score (nSPS) is 20.6. The van der Waals surface area contributed by atoms with E-state index in [-0.39, 0.29) is 18.1 Å². The summed E-state index contributed by atoms with van der Waals surface area (Å²) in [6, 6.07) is 18.9. The summed E-state index contributed by atoms with van der Waals surface area (Å²) in [5, 5.41) is 6.37. The number of nitrogens with one attached hydrogen (secondary N) is 2. The van der Waals surface area contributed by atoms with Gasteiger partial charge in [-0.1, -0.05) is 54.6 Å². The van der Waals surface area contributed by atoms with E-state index in [9.17, 15) is 4.79 Å². The van der Waals surface area contributed by atoms with Crippen molar-refractivity contribution in [1.82, 2.24) is 10.6 Å². The van der Waals surface area contributed by atoms with E-state index in [1.807, 2.05) is 24.3 Å². The first-order valence-corrected chi connectivity index (χ1v) is 8.51. The molecule has 2 aromatic carbocycles. The number of carbonyl (C=O) groups excluding carboxylic acids is 1. The lowest BCUT2D eigenvalue weighted by Gasteiger charge is -2.21. The van der Waals surface area contributed by atoms with E-state index < -0.39 is 0 Å². The predicted octanol–water partition coefficient (Wildman–Crippen LogP) is 4.12. The largest absolute Gasteiger partial charge is 0.331 e. The van der Waals surface area contributed by atoms with Crippen LogP contribution in [0.25, 0.3) is 0 Å². The molecule has 4 rings (SSSR count). The van der Waals surface area contributed by atoms with Crippen LogP contribution in [0.15, 0.2) is 54.6 Å². The maximum atomic E-state index is 12.5. The highest BCUT2D eigenvalue weighted by Gasteiger charge is 2.34. The molecule has 1 saturated carbocycles. The Labute approximate surface area is 137 Å². The molecular weight excluding hydrogens is 284 g/mol. The Hall–Kier alpha value is -2.29. The number of aryl methyl sites for hydroxylation is 1. The van der Waals surface area contributed by atoms with Crippen molar-refractivity contribution in [2.75, 3.05) is 0 Å². The second kappa shape index (κ2) is 6.07. The van der Waals surface area contributed by atoms with E-state index in [0.29, 0.717) is 5.92 Å². The smallest absolute Gasteiger partial charge is 0.315 e. The second-order valence-corrected chi connectivity index (χ2v) is 6.63. The van der Waals surface area contributed by atoms with E-state index in [1.165, 1.54) is 29.5 Å². The lowest BCUT2D eigenvalue weighted by Crippen LogP contribution is -2.40. The third-order valence-electron chi connectivity index (χ3n) is 4.98. The molecule has 2 N–H and O–H groups in total. The summed E-state index contributed by atoms with van der Waals surface area (Å²) >= 11 is 0. The van der Waals surface area contributed by atoms with Gasteiger partial charge in [0, 0.05) is 0 Å². The van der Waals surface area contributed by atoms with Crippen molar-refractivity contribution < 1.29 is 4.79 Å². The van der Waals surface area contributed by atoms with Crippen molar-refractivity contribution in [2.45, 2.75) is 37.8 Å². The number of fused-ring (bicyclic) bond motifs is 1.